The number of carbonyl (C=O) groups excluding carboxylic acids is 1. The summed E-state index contributed by atoms with van der Waals surface area (Å²) in [5, 5.41) is 0. The van der Waals surface area contributed by atoms with Gasteiger partial charge in [-0.1, -0.05) is 50.8 Å². The fraction of sp³-hybridized carbons (Fsp3) is 0.409. The Morgan fingerprint density at radius 2 is 2.12 bits per heavy atom. The number of benzene rings is 1. The molecule has 126 valence electrons. The van der Waals surface area contributed by atoms with Crippen LogP contribution in [0.25, 0.3) is 0 Å². The topological polar surface area (TPSA) is 26.3 Å². The molecule has 2 aliphatic rings. The Labute approximate surface area is 144 Å². The number of hydrogen-bond donors (Lipinski definition) is 0. The lowest BCUT2D eigenvalue weighted by Crippen LogP contribution is -2.08. The molecule has 2 nitrogen and oxygen atoms in total. The minimum absolute atomic E-state index is 0.198. The Morgan fingerprint density at radius 1 is 1.38 bits per heavy atom. The minimum Gasteiger partial charge on any atom is -0.454 e. The van der Waals surface area contributed by atoms with Gasteiger partial charge in [0.25, 0.3) is 0 Å². The molecule has 0 saturated carbocycles. The molecule has 0 bridgehead atoms. The third-order valence-electron chi connectivity index (χ3n) is 5.31. The van der Waals surface area contributed by atoms with Gasteiger partial charge >= 0.3 is 5.97 Å². The highest BCUT2D eigenvalue weighted by Gasteiger charge is 2.36. The third kappa shape index (κ3) is 2.64. The van der Waals surface area contributed by atoms with Crippen LogP contribution in [0, 0.1) is 0 Å². The maximum absolute atomic E-state index is 12.1. The predicted molar refractivity (Wildman–Crippen MR) is 98.1 cm³/mol. The van der Waals surface area contributed by atoms with Crippen molar-refractivity contribution in [3.05, 3.63) is 70.3 Å². The van der Waals surface area contributed by atoms with Gasteiger partial charge in [-0.3, -0.25) is 0 Å². The van der Waals surface area contributed by atoms with Crippen LogP contribution < -0.4 is 0 Å². The van der Waals surface area contributed by atoms with E-state index in [1.165, 1.54) is 16.7 Å². The number of esters is 1. The predicted octanol–water partition coefficient (Wildman–Crippen LogP) is 5.21. The summed E-state index contributed by atoms with van der Waals surface area (Å²) in [6.45, 7) is 12.3. The molecule has 2 heteroatoms. The van der Waals surface area contributed by atoms with Crippen LogP contribution in [-0.4, -0.2) is 12.1 Å². The summed E-state index contributed by atoms with van der Waals surface area (Å²) in [5.41, 5.74) is 7.07. The number of ether oxygens (including phenoxy) is 1. The number of aryl methyl sites for hydroxylation is 1. The number of fused-ring (bicyclic) bond motifs is 1. The zero-order chi connectivity index (χ0) is 17.4. The van der Waals surface area contributed by atoms with Crippen molar-refractivity contribution < 1.29 is 9.53 Å². The van der Waals surface area contributed by atoms with Crippen molar-refractivity contribution in [1.82, 2.24) is 0 Å². The number of allylic oxidation sites excluding steroid dienone is 3. The Kier molecular flexibility index (Phi) is 4.49. The number of cyclic esters (lactones) is 1. The molecule has 0 aromatic heterocycles. The number of carbonyl (C=O) groups is 1. The van der Waals surface area contributed by atoms with E-state index in [1.54, 1.807) is 0 Å². The summed E-state index contributed by atoms with van der Waals surface area (Å²) in [7, 11) is 0. The SMILES string of the molecule is C=CC(=C1/C(=C\C)C(=O)OC1C)C1CCc2cc(C(C)C)ccc21. The molecular formula is C22H26O2. The van der Waals surface area contributed by atoms with Gasteiger partial charge in [0.1, 0.15) is 6.10 Å². The van der Waals surface area contributed by atoms with Crippen LogP contribution in [0.1, 0.15) is 62.6 Å². The fourth-order valence-electron chi connectivity index (χ4n) is 4.04. The van der Waals surface area contributed by atoms with Crippen LogP contribution in [0.5, 0.6) is 0 Å². The molecule has 0 spiro atoms. The standard InChI is InChI=1S/C22H26O2/c1-6-17(21-14(5)24-22(23)18(21)7-2)20-11-9-16-12-15(13(3)4)8-10-19(16)20/h6-8,10,12-14,20H,1,9,11H2,2-5H3/b18-7+,21-17?. The van der Waals surface area contributed by atoms with E-state index in [-0.39, 0.29) is 12.1 Å². The van der Waals surface area contributed by atoms with E-state index in [0.29, 0.717) is 17.4 Å². The molecule has 0 radical (unpaired) electrons. The van der Waals surface area contributed by atoms with E-state index in [4.69, 9.17) is 4.74 Å². The Morgan fingerprint density at radius 3 is 2.75 bits per heavy atom. The van der Waals surface area contributed by atoms with Crippen molar-refractivity contribution in [2.45, 2.75) is 58.5 Å². The van der Waals surface area contributed by atoms with Crippen molar-refractivity contribution in [2.75, 3.05) is 0 Å². The Balaban J connectivity index is 2.08. The molecule has 1 aromatic rings. The van der Waals surface area contributed by atoms with Gasteiger partial charge in [0.05, 0.1) is 5.57 Å². The second kappa shape index (κ2) is 6.43. The van der Waals surface area contributed by atoms with Gasteiger partial charge in [-0.25, -0.2) is 4.79 Å². The summed E-state index contributed by atoms with van der Waals surface area (Å²) < 4.78 is 5.45. The van der Waals surface area contributed by atoms with E-state index >= 15 is 0 Å². The van der Waals surface area contributed by atoms with Gasteiger partial charge in [-0.05, 0) is 54.9 Å². The summed E-state index contributed by atoms with van der Waals surface area (Å²) in [6, 6.07) is 6.86. The third-order valence-corrected chi connectivity index (χ3v) is 5.31. The van der Waals surface area contributed by atoms with Crippen LogP contribution in [0.2, 0.25) is 0 Å². The lowest BCUT2D eigenvalue weighted by molar-refractivity contribution is -0.137. The van der Waals surface area contributed by atoms with Crippen LogP contribution in [-0.2, 0) is 16.0 Å². The normalized spacial score (nSPS) is 26.7. The molecule has 2 unspecified atom stereocenters. The Hall–Kier alpha value is -2.09. The molecule has 1 heterocycles. The van der Waals surface area contributed by atoms with Crippen LogP contribution in [0.4, 0.5) is 0 Å². The number of hydrogen-bond acceptors (Lipinski definition) is 2. The second-order valence-corrected chi connectivity index (χ2v) is 7.03. The maximum Gasteiger partial charge on any atom is 0.338 e. The van der Waals surface area contributed by atoms with E-state index in [2.05, 4.69) is 38.6 Å². The van der Waals surface area contributed by atoms with Gasteiger partial charge in [0, 0.05) is 11.5 Å². The average molecular weight is 322 g/mol. The van der Waals surface area contributed by atoms with Gasteiger partial charge < -0.3 is 4.74 Å². The smallest absolute Gasteiger partial charge is 0.338 e. The quantitative estimate of drug-likeness (QED) is 0.564. The van der Waals surface area contributed by atoms with Crippen molar-refractivity contribution in [3.63, 3.8) is 0 Å². The average Bonchev–Trinajstić information content (AvgIpc) is 3.09. The molecule has 1 aliphatic carbocycles. The van der Waals surface area contributed by atoms with Gasteiger partial charge in [0.15, 0.2) is 0 Å². The summed E-state index contributed by atoms with van der Waals surface area (Å²) in [5.74, 6) is 0.635. The lowest BCUT2D eigenvalue weighted by Gasteiger charge is -2.18. The monoisotopic (exact) mass is 322 g/mol. The highest BCUT2D eigenvalue weighted by Crippen LogP contribution is 2.44. The van der Waals surface area contributed by atoms with E-state index in [1.807, 2.05) is 26.0 Å². The molecule has 1 saturated heterocycles. The molecular weight excluding hydrogens is 296 g/mol. The first-order valence-electron chi connectivity index (χ1n) is 8.84. The Bertz CT molecular complexity index is 749. The summed E-state index contributed by atoms with van der Waals surface area (Å²) >= 11 is 0. The maximum atomic E-state index is 12.1. The molecule has 2 atom stereocenters. The molecule has 1 fully saturated rings. The first-order chi connectivity index (χ1) is 11.5. The van der Waals surface area contributed by atoms with E-state index < -0.39 is 0 Å². The van der Waals surface area contributed by atoms with E-state index in [9.17, 15) is 4.79 Å². The van der Waals surface area contributed by atoms with Crippen LogP contribution in [0.15, 0.2) is 53.6 Å². The van der Waals surface area contributed by atoms with Gasteiger partial charge in [-0.2, -0.15) is 0 Å². The van der Waals surface area contributed by atoms with Crippen LogP contribution in [0.3, 0.4) is 0 Å². The molecule has 3 rings (SSSR count). The zero-order valence-corrected chi connectivity index (χ0v) is 15.1. The van der Waals surface area contributed by atoms with Crippen molar-refractivity contribution >= 4 is 5.97 Å². The fourth-order valence-corrected chi connectivity index (χ4v) is 4.04. The number of rotatable bonds is 3. The van der Waals surface area contributed by atoms with Crippen molar-refractivity contribution in [1.29, 1.82) is 0 Å². The summed E-state index contributed by atoms with van der Waals surface area (Å²) in [6.07, 6.45) is 5.74. The van der Waals surface area contributed by atoms with E-state index in [0.717, 1.165) is 24.0 Å². The van der Waals surface area contributed by atoms with Crippen LogP contribution >= 0.6 is 0 Å². The molecule has 1 aliphatic heterocycles. The molecule has 0 amide bonds. The molecule has 24 heavy (non-hydrogen) atoms. The highest BCUT2D eigenvalue weighted by molar-refractivity contribution is 5.97. The molecule has 1 aromatic carbocycles. The first-order valence-corrected chi connectivity index (χ1v) is 8.84. The molecule has 0 N–H and O–H groups in total. The largest absolute Gasteiger partial charge is 0.454 e. The van der Waals surface area contributed by atoms with Crippen molar-refractivity contribution in [3.8, 4) is 0 Å². The second-order valence-electron chi connectivity index (χ2n) is 7.03. The minimum atomic E-state index is -0.215. The summed E-state index contributed by atoms with van der Waals surface area (Å²) in [4.78, 5) is 12.1. The lowest BCUT2D eigenvalue weighted by atomic mass is 9.85. The first kappa shape index (κ1) is 16.8. The highest BCUT2D eigenvalue weighted by atomic mass is 16.5. The zero-order valence-electron chi connectivity index (χ0n) is 15.1. The van der Waals surface area contributed by atoms with Crippen molar-refractivity contribution in [2.24, 2.45) is 0 Å². The van der Waals surface area contributed by atoms with Gasteiger partial charge in [-0.15, -0.1) is 0 Å². The van der Waals surface area contributed by atoms with Gasteiger partial charge in [0.2, 0.25) is 0 Å².